The average molecular weight is 349 g/mol. The molecule has 2 heterocycles. The van der Waals surface area contributed by atoms with Gasteiger partial charge in [0.2, 0.25) is 5.89 Å². The summed E-state index contributed by atoms with van der Waals surface area (Å²) in [5.74, 6) is 0.544. The van der Waals surface area contributed by atoms with Gasteiger partial charge in [-0.25, -0.2) is 9.78 Å². The number of carbonyl (C=O) groups is 1. The number of amides is 2. The van der Waals surface area contributed by atoms with Crippen molar-refractivity contribution in [3.8, 4) is 11.5 Å². The Labute approximate surface area is 148 Å². The van der Waals surface area contributed by atoms with Crippen molar-refractivity contribution in [3.63, 3.8) is 0 Å². The second-order valence-corrected chi connectivity index (χ2v) is 5.48. The molecule has 0 aliphatic carbocycles. The fourth-order valence-electron chi connectivity index (χ4n) is 2.43. The van der Waals surface area contributed by atoms with Crippen LogP contribution < -0.4 is 10.6 Å². The first-order valence-electron chi connectivity index (χ1n) is 7.99. The largest absolute Gasteiger partial charge is 0.436 e. The molecule has 0 radical (unpaired) electrons. The van der Waals surface area contributed by atoms with E-state index in [0.717, 1.165) is 16.7 Å². The van der Waals surface area contributed by atoms with Gasteiger partial charge in [0.25, 0.3) is 0 Å². The molecule has 4 rings (SSSR count). The summed E-state index contributed by atoms with van der Waals surface area (Å²) in [6.45, 7) is 0.841. The van der Waals surface area contributed by atoms with Crippen LogP contribution in [0.4, 0.5) is 10.5 Å². The zero-order chi connectivity index (χ0) is 17.8. The van der Waals surface area contributed by atoms with Gasteiger partial charge in [-0.2, -0.15) is 4.80 Å². The van der Waals surface area contributed by atoms with Gasteiger partial charge in [0.15, 0.2) is 11.9 Å². The molecule has 0 saturated heterocycles. The lowest BCUT2D eigenvalue weighted by Gasteiger charge is -2.07. The average Bonchev–Trinajstić information content (AvgIpc) is 3.31. The molecular formula is C17H15N7O2. The second kappa shape index (κ2) is 7.01. The number of nitrogens with zero attached hydrogens (tertiary/aromatic N) is 5. The maximum Gasteiger partial charge on any atom is 0.319 e. The minimum Gasteiger partial charge on any atom is -0.436 e. The third-order valence-electron chi connectivity index (χ3n) is 3.67. The van der Waals surface area contributed by atoms with E-state index in [9.17, 15) is 4.79 Å². The van der Waals surface area contributed by atoms with Gasteiger partial charge in [0.05, 0.1) is 6.54 Å². The van der Waals surface area contributed by atoms with Crippen molar-refractivity contribution in [2.24, 2.45) is 0 Å². The summed E-state index contributed by atoms with van der Waals surface area (Å²) in [5.41, 5.74) is 3.06. The van der Waals surface area contributed by atoms with Crippen molar-refractivity contribution >= 4 is 22.8 Å². The van der Waals surface area contributed by atoms with Gasteiger partial charge in [-0.1, -0.05) is 12.1 Å². The molecule has 26 heavy (non-hydrogen) atoms. The van der Waals surface area contributed by atoms with Crippen molar-refractivity contribution in [2.45, 2.75) is 6.54 Å². The fourth-order valence-corrected chi connectivity index (χ4v) is 2.43. The van der Waals surface area contributed by atoms with E-state index in [4.69, 9.17) is 4.42 Å². The molecule has 0 fully saturated rings. The van der Waals surface area contributed by atoms with Crippen LogP contribution in [-0.2, 0) is 6.54 Å². The molecular weight excluding hydrogens is 334 g/mol. The van der Waals surface area contributed by atoms with Gasteiger partial charge in [0, 0.05) is 17.8 Å². The molecule has 9 nitrogen and oxygen atoms in total. The zero-order valence-electron chi connectivity index (χ0n) is 13.7. The summed E-state index contributed by atoms with van der Waals surface area (Å²) in [5, 5.41) is 16.7. The smallest absolute Gasteiger partial charge is 0.319 e. The number of tetrazole rings is 1. The van der Waals surface area contributed by atoms with Crippen LogP contribution in [0, 0.1) is 0 Å². The number of para-hydroxylation sites is 2. The van der Waals surface area contributed by atoms with Crippen LogP contribution in [-0.4, -0.2) is 37.8 Å². The molecule has 0 bridgehead atoms. The number of nitrogens with one attached hydrogen (secondary N) is 2. The maximum absolute atomic E-state index is 11.9. The first-order valence-corrected chi connectivity index (χ1v) is 7.99. The number of aromatic nitrogens is 5. The number of anilines is 1. The summed E-state index contributed by atoms with van der Waals surface area (Å²) >= 11 is 0. The second-order valence-electron chi connectivity index (χ2n) is 5.48. The number of oxazole rings is 1. The lowest BCUT2D eigenvalue weighted by atomic mass is 10.2. The van der Waals surface area contributed by atoms with Crippen molar-refractivity contribution in [2.75, 3.05) is 11.9 Å². The predicted octanol–water partition coefficient (Wildman–Crippen LogP) is 2.30. The lowest BCUT2D eigenvalue weighted by molar-refractivity contribution is 0.251. The Hall–Kier alpha value is -3.75. The van der Waals surface area contributed by atoms with Crippen LogP contribution in [0.3, 0.4) is 0 Å². The van der Waals surface area contributed by atoms with Crippen LogP contribution in [0.1, 0.15) is 0 Å². The molecule has 2 amide bonds. The number of hydrogen-bond donors (Lipinski definition) is 2. The third kappa shape index (κ3) is 3.51. The number of hydrogen-bond acceptors (Lipinski definition) is 6. The summed E-state index contributed by atoms with van der Waals surface area (Å²) in [7, 11) is 0. The Morgan fingerprint density at radius 1 is 1.12 bits per heavy atom. The van der Waals surface area contributed by atoms with Crippen LogP contribution in [0.2, 0.25) is 0 Å². The van der Waals surface area contributed by atoms with Crippen molar-refractivity contribution in [3.05, 3.63) is 54.9 Å². The Kier molecular flexibility index (Phi) is 4.25. The topological polar surface area (TPSA) is 111 Å². The van der Waals surface area contributed by atoms with E-state index in [2.05, 4.69) is 31.0 Å². The number of fused-ring (bicyclic) bond motifs is 1. The molecule has 0 aliphatic rings. The summed E-state index contributed by atoms with van der Waals surface area (Å²) in [6, 6.07) is 14.6. The predicted molar refractivity (Wildman–Crippen MR) is 94.3 cm³/mol. The minimum absolute atomic E-state index is 0.306. The Balaban J connectivity index is 1.35. The highest BCUT2D eigenvalue weighted by Crippen LogP contribution is 2.25. The van der Waals surface area contributed by atoms with Crippen molar-refractivity contribution in [1.29, 1.82) is 0 Å². The summed E-state index contributed by atoms with van der Waals surface area (Å²) < 4.78 is 5.73. The SMILES string of the molecule is O=C(NCCn1ncnn1)Nc1ccc(-c2nc3ccccc3o2)cc1. The first-order chi connectivity index (χ1) is 12.8. The molecule has 0 saturated carbocycles. The summed E-state index contributed by atoms with van der Waals surface area (Å²) in [6.07, 6.45) is 1.35. The minimum atomic E-state index is -0.306. The van der Waals surface area contributed by atoms with Gasteiger partial charge in [-0.15, -0.1) is 10.2 Å². The number of urea groups is 1. The number of benzene rings is 2. The molecule has 0 spiro atoms. The van der Waals surface area contributed by atoms with Crippen molar-refractivity contribution in [1.82, 2.24) is 30.5 Å². The molecule has 2 N–H and O–H groups in total. The quantitative estimate of drug-likeness (QED) is 0.572. The zero-order valence-corrected chi connectivity index (χ0v) is 13.7. The molecule has 4 aromatic rings. The van der Waals surface area contributed by atoms with Gasteiger partial charge in [-0.3, -0.25) is 0 Å². The molecule has 130 valence electrons. The Morgan fingerprint density at radius 3 is 2.73 bits per heavy atom. The normalized spacial score (nSPS) is 10.8. The van der Waals surface area contributed by atoms with E-state index in [1.54, 1.807) is 12.1 Å². The molecule has 2 aromatic heterocycles. The third-order valence-corrected chi connectivity index (χ3v) is 3.67. The van der Waals surface area contributed by atoms with E-state index < -0.39 is 0 Å². The van der Waals surface area contributed by atoms with Crippen LogP contribution in [0.5, 0.6) is 0 Å². The molecule has 2 aromatic carbocycles. The fraction of sp³-hybridized carbons (Fsp3) is 0.118. The summed E-state index contributed by atoms with van der Waals surface area (Å²) in [4.78, 5) is 17.7. The van der Waals surface area contributed by atoms with E-state index in [0.29, 0.717) is 24.7 Å². The lowest BCUT2D eigenvalue weighted by Crippen LogP contribution is -2.31. The van der Waals surface area contributed by atoms with E-state index >= 15 is 0 Å². The van der Waals surface area contributed by atoms with Gasteiger partial charge in [-0.05, 0) is 41.6 Å². The van der Waals surface area contributed by atoms with E-state index in [1.165, 1.54) is 11.1 Å². The molecule has 0 atom stereocenters. The van der Waals surface area contributed by atoms with Gasteiger partial charge >= 0.3 is 6.03 Å². The first kappa shape index (κ1) is 15.8. The van der Waals surface area contributed by atoms with E-state index in [1.807, 2.05) is 36.4 Å². The van der Waals surface area contributed by atoms with Crippen LogP contribution in [0.25, 0.3) is 22.6 Å². The highest BCUT2D eigenvalue weighted by Gasteiger charge is 2.08. The van der Waals surface area contributed by atoms with Crippen LogP contribution >= 0.6 is 0 Å². The van der Waals surface area contributed by atoms with Crippen molar-refractivity contribution < 1.29 is 9.21 Å². The highest BCUT2D eigenvalue weighted by molar-refractivity contribution is 5.89. The molecule has 0 unspecified atom stereocenters. The number of rotatable bonds is 5. The highest BCUT2D eigenvalue weighted by atomic mass is 16.3. The van der Waals surface area contributed by atoms with Gasteiger partial charge < -0.3 is 15.1 Å². The molecule has 9 heteroatoms. The van der Waals surface area contributed by atoms with Gasteiger partial charge in [0.1, 0.15) is 5.52 Å². The monoisotopic (exact) mass is 349 g/mol. The Bertz CT molecular complexity index is 976. The standard InChI is InChI=1S/C17H15N7O2/c25-17(18-9-10-24-20-11-19-23-24)21-13-7-5-12(6-8-13)16-22-14-3-1-2-4-15(14)26-16/h1-8,11H,9-10H2,(H2,18,21,25). The van der Waals surface area contributed by atoms with E-state index in [-0.39, 0.29) is 6.03 Å². The Morgan fingerprint density at radius 2 is 1.96 bits per heavy atom. The molecule has 0 aliphatic heterocycles. The van der Waals surface area contributed by atoms with Crippen LogP contribution in [0.15, 0.2) is 59.3 Å². The number of carbonyl (C=O) groups excluding carboxylic acids is 1. The maximum atomic E-state index is 11.9.